The van der Waals surface area contributed by atoms with Gasteiger partial charge in [0, 0.05) is 19.3 Å². The van der Waals surface area contributed by atoms with Gasteiger partial charge in [0.2, 0.25) is 0 Å². The van der Waals surface area contributed by atoms with Crippen LogP contribution in [0.25, 0.3) is 0 Å². The molecule has 94 valence electrons. The van der Waals surface area contributed by atoms with Gasteiger partial charge in [0.25, 0.3) is 5.56 Å². The third-order valence-electron chi connectivity index (χ3n) is 1.98. The van der Waals surface area contributed by atoms with E-state index in [9.17, 15) is 14.4 Å². The Morgan fingerprint density at radius 2 is 1.94 bits per heavy atom. The van der Waals surface area contributed by atoms with Crippen molar-refractivity contribution in [2.75, 3.05) is 0 Å². The number of carbonyl (C=O) groups excluding carboxylic acids is 1. The van der Waals surface area contributed by atoms with Gasteiger partial charge >= 0.3 is 11.7 Å². The van der Waals surface area contributed by atoms with Crippen molar-refractivity contribution < 1.29 is 9.53 Å². The molecule has 0 aromatic carbocycles. The number of rotatable bonds is 2. The molecule has 0 unspecified atom stereocenters. The second kappa shape index (κ2) is 4.57. The first kappa shape index (κ1) is 13.2. The molecule has 0 aliphatic heterocycles. The average Bonchev–Trinajstić information content (AvgIpc) is 2.16. The van der Waals surface area contributed by atoms with Gasteiger partial charge in [-0.1, -0.05) is 0 Å². The molecule has 0 saturated heterocycles. The highest BCUT2D eigenvalue weighted by Crippen LogP contribution is 2.06. The van der Waals surface area contributed by atoms with Crippen LogP contribution in [0.15, 0.2) is 21.9 Å². The first-order valence-corrected chi connectivity index (χ1v) is 5.19. The lowest BCUT2D eigenvalue weighted by Gasteiger charge is -2.19. The van der Waals surface area contributed by atoms with Crippen molar-refractivity contribution in [2.45, 2.75) is 32.9 Å². The number of hydrogen-bond acceptors (Lipinski definition) is 4. The lowest BCUT2D eigenvalue weighted by Crippen LogP contribution is -2.39. The molecule has 0 saturated carbocycles. The molecule has 0 aliphatic rings. The van der Waals surface area contributed by atoms with Crippen LogP contribution in [0.2, 0.25) is 0 Å². The topological polar surface area (TPSA) is 70.3 Å². The van der Waals surface area contributed by atoms with E-state index in [-0.39, 0.29) is 6.54 Å². The molecule has 6 nitrogen and oxygen atoms in total. The first-order chi connectivity index (χ1) is 7.70. The molecule has 1 heterocycles. The zero-order valence-corrected chi connectivity index (χ0v) is 10.4. The molecular formula is C11H16N2O4. The molecule has 0 amide bonds. The van der Waals surface area contributed by atoms with Crippen LogP contribution < -0.4 is 11.2 Å². The number of carbonyl (C=O) groups is 1. The molecule has 0 fully saturated rings. The van der Waals surface area contributed by atoms with Crippen LogP contribution in [-0.4, -0.2) is 20.7 Å². The standard InChI is InChI=1S/C11H16N2O4/c1-11(2,3)17-9(15)7-13-6-5-8(14)12(4)10(13)16/h5-6H,7H2,1-4H3. The van der Waals surface area contributed by atoms with Gasteiger partial charge in [0.15, 0.2) is 0 Å². The van der Waals surface area contributed by atoms with Crippen molar-refractivity contribution in [2.24, 2.45) is 7.05 Å². The zero-order valence-electron chi connectivity index (χ0n) is 10.4. The molecule has 0 radical (unpaired) electrons. The van der Waals surface area contributed by atoms with Crippen molar-refractivity contribution in [3.05, 3.63) is 33.1 Å². The lowest BCUT2D eigenvalue weighted by atomic mass is 10.2. The molecule has 0 bridgehead atoms. The van der Waals surface area contributed by atoms with Crippen LogP contribution in [0.4, 0.5) is 0 Å². The van der Waals surface area contributed by atoms with E-state index in [2.05, 4.69) is 0 Å². The van der Waals surface area contributed by atoms with E-state index in [4.69, 9.17) is 4.74 Å². The van der Waals surface area contributed by atoms with Gasteiger partial charge in [-0.2, -0.15) is 0 Å². The molecular weight excluding hydrogens is 224 g/mol. The van der Waals surface area contributed by atoms with E-state index in [1.807, 2.05) is 0 Å². The Labute approximate surface area is 98.4 Å². The van der Waals surface area contributed by atoms with Crippen molar-refractivity contribution >= 4 is 5.97 Å². The van der Waals surface area contributed by atoms with Crippen LogP contribution in [0.1, 0.15) is 20.8 Å². The summed E-state index contributed by atoms with van der Waals surface area (Å²) >= 11 is 0. The fraction of sp³-hybridized carbons (Fsp3) is 0.545. The minimum absolute atomic E-state index is 0.204. The molecule has 0 spiro atoms. The smallest absolute Gasteiger partial charge is 0.331 e. The van der Waals surface area contributed by atoms with Crippen molar-refractivity contribution in [1.82, 2.24) is 9.13 Å². The van der Waals surface area contributed by atoms with Gasteiger partial charge in [0.1, 0.15) is 12.1 Å². The van der Waals surface area contributed by atoms with Crippen molar-refractivity contribution in [3.63, 3.8) is 0 Å². The molecule has 0 N–H and O–H groups in total. The average molecular weight is 240 g/mol. The van der Waals surface area contributed by atoms with Crippen LogP contribution in [0.3, 0.4) is 0 Å². The van der Waals surface area contributed by atoms with Gasteiger partial charge in [-0.15, -0.1) is 0 Å². The lowest BCUT2D eigenvalue weighted by molar-refractivity contribution is -0.155. The van der Waals surface area contributed by atoms with Gasteiger partial charge in [-0.05, 0) is 20.8 Å². The molecule has 0 aliphatic carbocycles. The largest absolute Gasteiger partial charge is 0.459 e. The third kappa shape index (κ3) is 3.58. The number of ether oxygens (including phenoxy) is 1. The molecule has 1 aromatic rings. The van der Waals surface area contributed by atoms with Crippen LogP contribution in [0.5, 0.6) is 0 Å². The summed E-state index contributed by atoms with van der Waals surface area (Å²) in [5, 5.41) is 0. The maximum absolute atomic E-state index is 11.6. The van der Waals surface area contributed by atoms with Gasteiger partial charge in [-0.25, -0.2) is 4.79 Å². The minimum Gasteiger partial charge on any atom is -0.459 e. The van der Waals surface area contributed by atoms with E-state index in [1.165, 1.54) is 19.3 Å². The maximum atomic E-state index is 11.6. The van der Waals surface area contributed by atoms with E-state index in [0.29, 0.717) is 0 Å². The van der Waals surface area contributed by atoms with E-state index < -0.39 is 22.8 Å². The van der Waals surface area contributed by atoms with E-state index in [0.717, 1.165) is 9.13 Å². The second-order valence-corrected chi connectivity index (χ2v) is 4.71. The summed E-state index contributed by atoms with van der Waals surface area (Å²) in [6.45, 7) is 5.03. The highest BCUT2D eigenvalue weighted by molar-refractivity contribution is 5.69. The fourth-order valence-corrected chi connectivity index (χ4v) is 1.25. The zero-order chi connectivity index (χ0) is 13.2. The molecule has 1 rings (SSSR count). The first-order valence-electron chi connectivity index (χ1n) is 5.19. The van der Waals surface area contributed by atoms with Crippen molar-refractivity contribution in [1.29, 1.82) is 0 Å². The maximum Gasteiger partial charge on any atom is 0.331 e. The predicted octanol–water partition coefficient (Wildman–Crippen LogP) is -0.111. The van der Waals surface area contributed by atoms with E-state index >= 15 is 0 Å². The monoisotopic (exact) mass is 240 g/mol. The predicted molar refractivity (Wildman–Crippen MR) is 61.8 cm³/mol. The number of nitrogens with zero attached hydrogens (tertiary/aromatic N) is 2. The van der Waals surface area contributed by atoms with Gasteiger partial charge in [0.05, 0.1) is 0 Å². The normalized spacial score (nSPS) is 11.3. The van der Waals surface area contributed by atoms with E-state index in [1.54, 1.807) is 20.8 Å². The van der Waals surface area contributed by atoms with Crippen LogP contribution in [0, 0.1) is 0 Å². The van der Waals surface area contributed by atoms with Crippen LogP contribution >= 0.6 is 0 Å². The molecule has 17 heavy (non-hydrogen) atoms. The Hall–Kier alpha value is -1.85. The Kier molecular flexibility index (Phi) is 3.55. The van der Waals surface area contributed by atoms with Crippen molar-refractivity contribution in [3.8, 4) is 0 Å². The Balaban J connectivity index is 2.91. The SMILES string of the molecule is Cn1c(=O)ccn(CC(=O)OC(C)(C)C)c1=O. The Bertz CT molecular complexity index is 534. The molecule has 0 atom stereocenters. The summed E-state index contributed by atoms with van der Waals surface area (Å²) in [4.78, 5) is 34.3. The highest BCUT2D eigenvalue weighted by Gasteiger charge is 2.17. The summed E-state index contributed by atoms with van der Waals surface area (Å²) in [5.41, 5.74) is -1.54. The highest BCUT2D eigenvalue weighted by atomic mass is 16.6. The summed E-state index contributed by atoms with van der Waals surface area (Å²) in [6.07, 6.45) is 1.29. The number of esters is 1. The second-order valence-electron chi connectivity index (χ2n) is 4.71. The van der Waals surface area contributed by atoms with Crippen LogP contribution in [-0.2, 0) is 23.1 Å². The Morgan fingerprint density at radius 3 is 2.47 bits per heavy atom. The summed E-state index contributed by atoms with van der Waals surface area (Å²) in [7, 11) is 1.36. The summed E-state index contributed by atoms with van der Waals surface area (Å²) < 4.78 is 7.15. The molecule has 1 aromatic heterocycles. The minimum atomic E-state index is -0.596. The number of aromatic nitrogens is 2. The summed E-state index contributed by atoms with van der Waals surface area (Å²) in [6, 6.07) is 1.23. The van der Waals surface area contributed by atoms with Gasteiger partial charge < -0.3 is 4.74 Å². The Morgan fingerprint density at radius 1 is 1.35 bits per heavy atom. The third-order valence-corrected chi connectivity index (χ3v) is 1.98. The fourth-order valence-electron chi connectivity index (χ4n) is 1.25. The van der Waals surface area contributed by atoms with Gasteiger partial charge in [-0.3, -0.25) is 18.7 Å². The molecule has 6 heteroatoms. The number of hydrogen-bond donors (Lipinski definition) is 0. The quantitative estimate of drug-likeness (QED) is 0.676. The summed E-state index contributed by atoms with van der Waals surface area (Å²) in [5.74, 6) is -0.516.